The molecule has 3 nitrogen and oxygen atoms in total. The monoisotopic (exact) mass is 209 g/mol. The highest BCUT2D eigenvalue weighted by atomic mass is 15.3. The Balaban J connectivity index is 2.67. The Bertz CT molecular complexity index is 278. The third kappa shape index (κ3) is 3.67. The summed E-state index contributed by atoms with van der Waals surface area (Å²) < 4.78 is 1.97. The smallest absolute Gasteiger partial charge is 0.0550 e. The first kappa shape index (κ1) is 12.2. The summed E-state index contributed by atoms with van der Waals surface area (Å²) in [5.74, 6) is 0. The van der Waals surface area contributed by atoms with Crippen molar-refractivity contribution in [3.63, 3.8) is 0 Å². The van der Waals surface area contributed by atoms with Crippen molar-refractivity contribution in [2.75, 3.05) is 0 Å². The van der Waals surface area contributed by atoms with E-state index in [2.05, 4.69) is 37.3 Å². The van der Waals surface area contributed by atoms with Gasteiger partial charge in [0, 0.05) is 25.3 Å². The van der Waals surface area contributed by atoms with E-state index in [9.17, 15) is 0 Å². The molecule has 1 rings (SSSR count). The molecule has 1 N–H and O–H groups in total. The molecule has 15 heavy (non-hydrogen) atoms. The Morgan fingerprint density at radius 2 is 2.20 bits per heavy atom. The van der Waals surface area contributed by atoms with Crippen LogP contribution in [-0.2, 0) is 7.05 Å². The Labute approximate surface area is 92.9 Å². The van der Waals surface area contributed by atoms with Crippen LogP contribution < -0.4 is 5.32 Å². The lowest BCUT2D eigenvalue weighted by molar-refractivity contribution is 0.418. The third-order valence-electron chi connectivity index (χ3n) is 2.60. The molecule has 0 aliphatic carbocycles. The van der Waals surface area contributed by atoms with Gasteiger partial charge in [0.05, 0.1) is 5.69 Å². The van der Waals surface area contributed by atoms with E-state index >= 15 is 0 Å². The Morgan fingerprint density at radius 3 is 2.67 bits per heavy atom. The summed E-state index contributed by atoms with van der Waals surface area (Å²) in [7, 11) is 2.01. The highest BCUT2D eigenvalue weighted by Gasteiger charge is 2.14. The average Bonchev–Trinajstić information content (AvgIpc) is 2.58. The van der Waals surface area contributed by atoms with Gasteiger partial charge in [0.25, 0.3) is 0 Å². The van der Waals surface area contributed by atoms with Crippen molar-refractivity contribution in [3.05, 3.63) is 18.0 Å². The maximum atomic E-state index is 4.23. The zero-order chi connectivity index (χ0) is 11.3. The van der Waals surface area contributed by atoms with E-state index in [1.807, 2.05) is 17.9 Å². The van der Waals surface area contributed by atoms with Crippen LogP contribution in [0, 0.1) is 0 Å². The summed E-state index contributed by atoms with van der Waals surface area (Å²) in [5, 5.41) is 7.83. The van der Waals surface area contributed by atoms with Crippen LogP contribution in [0.25, 0.3) is 0 Å². The van der Waals surface area contributed by atoms with Crippen molar-refractivity contribution in [2.45, 2.75) is 52.1 Å². The number of aryl methyl sites for hydroxylation is 1. The van der Waals surface area contributed by atoms with E-state index in [0.29, 0.717) is 12.1 Å². The van der Waals surface area contributed by atoms with Crippen LogP contribution in [0.4, 0.5) is 0 Å². The number of nitrogens with one attached hydrogen (secondary N) is 1. The molecule has 1 atom stereocenters. The van der Waals surface area contributed by atoms with Gasteiger partial charge in [0.2, 0.25) is 0 Å². The summed E-state index contributed by atoms with van der Waals surface area (Å²) in [6, 6.07) is 3.06. The van der Waals surface area contributed by atoms with Gasteiger partial charge in [-0.15, -0.1) is 0 Å². The average molecular weight is 209 g/mol. The SMILES string of the molecule is CCCCC(NC(C)C)c1ccnn1C. The molecular weight excluding hydrogens is 186 g/mol. The second kappa shape index (κ2) is 5.91. The van der Waals surface area contributed by atoms with Gasteiger partial charge in [-0.3, -0.25) is 4.68 Å². The van der Waals surface area contributed by atoms with Crippen molar-refractivity contribution in [3.8, 4) is 0 Å². The Morgan fingerprint density at radius 1 is 1.47 bits per heavy atom. The second-order valence-corrected chi connectivity index (χ2v) is 4.40. The Hall–Kier alpha value is -0.830. The lowest BCUT2D eigenvalue weighted by Gasteiger charge is -2.21. The van der Waals surface area contributed by atoms with E-state index in [0.717, 1.165) is 0 Å². The predicted molar refractivity (Wildman–Crippen MR) is 63.7 cm³/mol. The molecule has 0 radical (unpaired) electrons. The minimum atomic E-state index is 0.442. The van der Waals surface area contributed by atoms with E-state index in [1.54, 1.807) is 0 Å². The molecule has 0 fully saturated rings. The van der Waals surface area contributed by atoms with Gasteiger partial charge in [-0.25, -0.2) is 0 Å². The molecule has 0 saturated heterocycles. The molecule has 1 heterocycles. The van der Waals surface area contributed by atoms with Gasteiger partial charge in [-0.2, -0.15) is 5.10 Å². The molecule has 3 heteroatoms. The summed E-state index contributed by atoms with van der Waals surface area (Å²) in [6.45, 7) is 6.61. The number of aromatic nitrogens is 2. The molecule has 1 aromatic heterocycles. The standard InChI is InChI=1S/C12H23N3/c1-5-6-7-11(14-10(2)3)12-8-9-13-15(12)4/h8-11,14H,5-7H2,1-4H3. The molecule has 0 amide bonds. The molecule has 0 aliphatic heterocycles. The minimum Gasteiger partial charge on any atom is -0.306 e. The fraction of sp³-hybridized carbons (Fsp3) is 0.750. The normalized spacial score (nSPS) is 13.4. The van der Waals surface area contributed by atoms with E-state index in [1.165, 1.54) is 25.0 Å². The van der Waals surface area contributed by atoms with Gasteiger partial charge in [0.15, 0.2) is 0 Å². The molecule has 0 aliphatic rings. The van der Waals surface area contributed by atoms with Gasteiger partial charge in [0.1, 0.15) is 0 Å². The number of rotatable bonds is 6. The van der Waals surface area contributed by atoms with Crippen molar-refractivity contribution in [1.82, 2.24) is 15.1 Å². The van der Waals surface area contributed by atoms with Crippen molar-refractivity contribution in [2.24, 2.45) is 7.05 Å². The zero-order valence-electron chi connectivity index (χ0n) is 10.3. The lowest BCUT2D eigenvalue weighted by Crippen LogP contribution is -2.29. The zero-order valence-corrected chi connectivity index (χ0v) is 10.3. The topological polar surface area (TPSA) is 29.9 Å². The Kier molecular flexibility index (Phi) is 4.82. The van der Waals surface area contributed by atoms with Gasteiger partial charge in [-0.05, 0) is 12.5 Å². The van der Waals surface area contributed by atoms with Crippen LogP contribution in [-0.4, -0.2) is 15.8 Å². The molecular formula is C12H23N3. The van der Waals surface area contributed by atoms with Gasteiger partial charge < -0.3 is 5.32 Å². The van der Waals surface area contributed by atoms with Crippen LogP contribution in [0.5, 0.6) is 0 Å². The quantitative estimate of drug-likeness (QED) is 0.780. The van der Waals surface area contributed by atoms with Crippen LogP contribution in [0.3, 0.4) is 0 Å². The van der Waals surface area contributed by atoms with Crippen LogP contribution in [0.2, 0.25) is 0 Å². The van der Waals surface area contributed by atoms with Crippen LogP contribution in [0.1, 0.15) is 51.8 Å². The van der Waals surface area contributed by atoms with E-state index in [-0.39, 0.29) is 0 Å². The van der Waals surface area contributed by atoms with Gasteiger partial charge >= 0.3 is 0 Å². The number of nitrogens with zero attached hydrogens (tertiary/aromatic N) is 2. The lowest BCUT2D eigenvalue weighted by atomic mass is 10.1. The molecule has 1 aromatic rings. The predicted octanol–water partition coefficient (Wildman–Crippen LogP) is 2.65. The summed E-state index contributed by atoms with van der Waals surface area (Å²) in [4.78, 5) is 0. The third-order valence-corrected chi connectivity index (χ3v) is 2.60. The van der Waals surface area contributed by atoms with Crippen molar-refractivity contribution < 1.29 is 0 Å². The van der Waals surface area contributed by atoms with E-state index < -0.39 is 0 Å². The molecule has 1 unspecified atom stereocenters. The van der Waals surface area contributed by atoms with Crippen molar-refractivity contribution in [1.29, 1.82) is 0 Å². The maximum absolute atomic E-state index is 4.23. The summed E-state index contributed by atoms with van der Waals surface area (Å²) in [6.07, 6.45) is 5.56. The molecule has 0 saturated carbocycles. The molecule has 0 bridgehead atoms. The number of hydrogen-bond acceptors (Lipinski definition) is 2. The maximum Gasteiger partial charge on any atom is 0.0550 e. The first-order valence-electron chi connectivity index (χ1n) is 5.89. The highest BCUT2D eigenvalue weighted by Crippen LogP contribution is 2.19. The summed E-state index contributed by atoms with van der Waals surface area (Å²) >= 11 is 0. The van der Waals surface area contributed by atoms with Crippen molar-refractivity contribution >= 4 is 0 Å². The fourth-order valence-electron chi connectivity index (χ4n) is 1.85. The van der Waals surface area contributed by atoms with Gasteiger partial charge in [-0.1, -0.05) is 33.6 Å². The number of unbranched alkanes of at least 4 members (excludes halogenated alkanes) is 1. The molecule has 0 spiro atoms. The second-order valence-electron chi connectivity index (χ2n) is 4.40. The largest absolute Gasteiger partial charge is 0.306 e. The first-order valence-corrected chi connectivity index (χ1v) is 5.89. The fourth-order valence-corrected chi connectivity index (χ4v) is 1.85. The summed E-state index contributed by atoms with van der Waals surface area (Å²) in [5.41, 5.74) is 1.29. The highest BCUT2D eigenvalue weighted by molar-refractivity contribution is 5.06. The first-order chi connectivity index (χ1) is 7.15. The minimum absolute atomic E-state index is 0.442. The van der Waals surface area contributed by atoms with E-state index in [4.69, 9.17) is 0 Å². The molecule has 86 valence electrons. The number of hydrogen-bond donors (Lipinski definition) is 1. The van der Waals surface area contributed by atoms with Crippen LogP contribution in [0.15, 0.2) is 12.3 Å². The molecule has 0 aromatic carbocycles. The van der Waals surface area contributed by atoms with Crippen LogP contribution >= 0.6 is 0 Å².